The van der Waals surface area contributed by atoms with E-state index in [0.29, 0.717) is 12.4 Å². The molecule has 4 rings (SSSR count). The monoisotopic (exact) mass is 406 g/mol. The van der Waals surface area contributed by atoms with Crippen LogP contribution in [0, 0.1) is 0 Å². The number of rotatable bonds is 6. The van der Waals surface area contributed by atoms with Gasteiger partial charge in [-0.15, -0.1) is 0 Å². The summed E-state index contributed by atoms with van der Waals surface area (Å²) in [6.45, 7) is 1.63. The molecule has 3 heterocycles. The molecule has 1 aliphatic rings. The Kier molecular flexibility index (Phi) is 6.09. The van der Waals surface area contributed by atoms with Gasteiger partial charge in [-0.25, -0.2) is 4.98 Å². The average molecular weight is 406 g/mol. The van der Waals surface area contributed by atoms with Crippen LogP contribution in [0.2, 0.25) is 0 Å². The average Bonchev–Trinajstić information content (AvgIpc) is 2.79. The van der Waals surface area contributed by atoms with E-state index in [4.69, 9.17) is 14.5 Å². The van der Waals surface area contributed by atoms with Crippen molar-refractivity contribution in [3.8, 4) is 22.9 Å². The molecule has 0 amide bonds. The van der Waals surface area contributed by atoms with E-state index < -0.39 is 0 Å². The van der Waals surface area contributed by atoms with E-state index in [1.54, 1.807) is 32.7 Å². The van der Waals surface area contributed by atoms with E-state index in [-0.39, 0.29) is 11.6 Å². The molecule has 1 aromatic carbocycles. The van der Waals surface area contributed by atoms with Crippen LogP contribution in [0.1, 0.15) is 36.6 Å². The number of piperidine rings is 1. The largest absolute Gasteiger partial charge is 0.493 e. The number of hydrogen-bond acceptors (Lipinski definition) is 6. The van der Waals surface area contributed by atoms with Crippen LogP contribution in [0.5, 0.6) is 11.5 Å². The summed E-state index contributed by atoms with van der Waals surface area (Å²) >= 11 is 0. The Morgan fingerprint density at radius 1 is 1.13 bits per heavy atom. The van der Waals surface area contributed by atoms with Gasteiger partial charge in [-0.05, 0) is 37.6 Å². The Morgan fingerprint density at radius 2 is 1.97 bits per heavy atom. The minimum atomic E-state index is -0.142. The number of nitrogens with one attached hydrogen (secondary N) is 1. The third-order valence-corrected chi connectivity index (χ3v) is 5.53. The first kappa shape index (κ1) is 20.1. The van der Waals surface area contributed by atoms with Crippen molar-refractivity contribution < 1.29 is 9.47 Å². The first-order valence-corrected chi connectivity index (χ1v) is 10.1. The summed E-state index contributed by atoms with van der Waals surface area (Å²) in [6.07, 6.45) is 6.57. The molecule has 0 radical (unpaired) electrons. The maximum absolute atomic E-state index is 12.4. The Bertz CT molecular complexity index is 1050. The number of likely N-dealkylation sites (tertiary alicyclic amines) is 1. The van der Waals surface area contributed by atoms with Crippen molar-refractivity contribution in [3.63, 3.8) is 0 Å². The fourth-order valence-corrected chi connectivity index (χ4v) is 4.11. The summed E-state index contributed by atoms with van der Waals surface area (Å²) in [4.78, 5) is 26.5. The smallest absolute Gasteiger partial charge is 0.251 e. The van der Waals surface area contributed by atoms with Gasteiger partial charge in [0, 0.05) is 36.1 Å². The minimum Gasteiger partial charge on any atom is -0.493 e. The number of benzene rings is 1. The first-order chi connectivity index (χ1) is 14.7. The fourth-order valence-electron chi connectivity index (χ4n) is 4.11. The molecule has 0 aliphatic carbocycles. The maximum atomic E-state index is 12.4. The predicted octanol–water partition coefficient (Wildman–Crippen LogP) is 3.58. The maximum Gasteiger partial charge on any atom is 0.251 e. The number of methoxy groups -OCH3 is 2. The van der Waals surface area contributed by atoms with Crippen molar-refractivity contribution in [2.45, 2.75) is 31.8 Å². The first-order valence-electron chi connectivity index (χ1n) is 10.1. The Morgan fingerprint density at radius 3 is 2.73 bits per heavy atom. The molecule has 1 aliphatic heterocycles. The zero-order chi connectivity index (χ0) is 20.9. The number of nitrogens with zero attached hydrogens (tertiary/aromatic N) is 3. The molecule has 156 valence electrons. The van der Waals surface area contributed by atoms with Crippen LogP contribution in [0.4, 0.5) is 0 Å². The van der Waals surface area contributed by atoms with E-state index >= 15 is 0 Å². The van der Waals surface area contributed by atoms with E-state index in [0.717, 1.165) is 54.1 Å². The van der Waals surface area contributed by atoms with Crippen LogP contribution in [0.15, 0.2) is 53.6 Å². The Hall–Kier alpha value is -3.19. The Labute approximate surface area is 175 Å². The SMILES string of the molecule is COc1cccc(CN2CCCCC2c2cc(=O)[nH]c(-c3ccncc3)n2)c1OC. The lowest BCUT2D eigenvalue weighted by Gasteiger charge is -2.35. The van der Waals surface area contributed by atoms with Gasteiger partial charge in [0.05, 0.1) is 26.0 Å². The molecule has 0 saturated carbocycles. The molecule has 1 N–H and O–H groups in total. The molecule has 3 aromatic rings. The number of aromatic nitrogens is 3. The van der Waals surface area contributed by atoms with E-state index in [2.05, 4.69) is 20.9 Å². The van der Waals surface area contributed by atoms with Gasteiger partial charge in [0.15, 0.2) is 11.5 Å². The molecular formula is C23H26N4O3. The zero-order valence-corrected chi connectivity index (χ0v) is 17.3. The zero-order valence-electron chi connectivity index (χ0n) is 17.3. The second kappa shape index (κ2) is 9.09. The van der Waals surface area contributed by atoms with E-state index in [1.165, 1.54) is 0 Å². The highest BCUT2D eigenvalue weighted by Gasteiger charge is 2.27. The van der Waals surface area contributed by atoms with Gasteiger partial charge in [0.2, 0.25) is 0 Å². The van der Waals surface area contributed by atoms with Crippen LogP contribution in [0.3, 0.4) is 0 Å². The van der Waals surface area contributed by atoms with Gasteiger partial charge >= 0.3 is 0 Å². The van der Waals surface area contributed by atoms with Crippen molar-refractivity contribution in [2.24, 2.45) is 0 Å². The molecule has 1 unspecified atom stereocenters. The van der Waals surface area contributed by atoms with Gasteiger partial charge in [0.25, 0.3) is 5.56 Å². The lowest BCUT2D eigenvalue weighted by Crippen LogP contribution is -2.34. The van der Waals surface area contributed by atoms with Crippen molar-refractivity contribution in [2.75, 3.05) is 20.8 Å². The van der Waals surface area contributed by atoms with Crippen LogP contribution < -0.4 is 15.0 Å². The van der Waals surface area contributed by atoms with Crippen molar-refractivity contribution in [1.82, 2.24) is 19.9 Å². The molecule has 1 atom stereocenters. The molecule has 7 heteroatoms. The van der Waals surface area contributed by atoms with Gasteiger partial charge in [-0.2, -0.15) is 0 Å². The van der Waals surface area contributed by atoms with Crippen molar-refractivity contribution in [3.05, 3.63) is 70.4 Å². The Balaban J connectivity index is 1.67. The molecule has 1 saturated heterocycles. The number of ether oxygens (including phenoxy) is 2. The number of pyridine rings is 1. The standard InChI is InChI=1S/C23H26N4O3/c1-29-20-8-5-6-17(22(20)30-2)15-27-13-4-3-7-19(27)18-14-21(28)26-23(25-18)16-9-11-24-12-10-16/h5-6,8-12,14,19H,3-4,7,13,15H2,1-2H3,(H,25,26,28). The van der Waals surface area contributed by atoms with E-state index in [1.807, 2.05) is 24.3 Å². The molecule has 0 spiro atoms. The van der Waals surface area contributed by atoms with Crippen molar-refractivity contribution >= 4 is 0 Å². The summed E-state index contributed by atoms with van der Waals surface area (Å²) in [5.74, 6) is 2.04. The molecular weight excluding hydrogens is 380 g/mol. The number of hydrogen-bond donors (Lipinski definition) is 1. The summed E-state index contributed by atoms with van der Waals surface area (Å²) < 4.78 is 11.1. The highest BCUT2D eigenvalue weighted by molar-refractivity contribution is 5.53. The molecule has 0 bridgehead atoms. The van der Waals surface area contributed by atoms with Crippen LogP contribution in [-0.4, -0.2) is 40.6 Å². The minimum absolute atomic E-state index is 0.0672. The van der Waals surface area contributed by atoms with Crippen LogP contribution in [0.25, 0.3) is 11.4 Å². The highest BCUT2D eigenvalue weighted by Crippen LogP contribution is 2.36. The molecule has 7 nitrogen and oxygen atoms in total. The molecule has 30 heavy (non-hydrogen) atoms. The van der Waals surface area contributed by atoms with Gasteiger partial charge < -0.3 is 14.5 Å². The number of H-pyrrole nitrogens is 1. The highest BCUT2D eigenvalue weighted by atomic mass is 16.5. The second-order valence-corrected chi connectivity index (χ2v) is 7.39. The van der Waals surface area contributed by atoms with Crippen LogP contribution >= 0.6 is 0 Å². The number of aromatic amines is 1. The second-order valence-electron chi connectivity index (χ2n) is 7.39. The normalized spacial score (nSPS) is 16.9. The third-order valence-electron chi connectivity index (χ3n) is 5.53. The predicted molar refractivity (Wildman–Crippen MR) is 115 cm³/mol. The fraction of sp³-hybridized carbons (Fsp3) is 0.348. The van der Waals surface area contributed by atoms with Gasteiger partial charge in [-0.1, -0.05) is 18.6 Å². The molecule has 2 aromatic heterocycles. The van der Waals surface area contributed by atoms with Gasteiger partial charge in [0.1, 0.15) is 5.82 Å². The summed E-state index contributed by atoms with van der Waals surface area (Å²) in [7, 11) is 3.31. The lowest BCUT2D eigenvalue weighted by atomic mass is 9.98. The summed E-state index contributed by atoms with van der Waals surface area (Å²) in [6, 6.07) is 11.3. The van der Waals surface area contributed by atoms with Crippen molar-refractivity contribution in [1.29, 1.82) is 0 Å². The van der Waals surface area contributed by atoms with E-state index in [9.17, 15) is 4.79 Å². The topological polar surface area (TPSA) is 80.3 Å². The lowest BCUT2D eigenvalue weighted by molar-refractivity contribution is 0.135. The number of para-hydroxylation sites is 1. The summed E-state index contributed by atoms with van der Waals surface area (Å²) in [5, 5.41) is 0. The quantitative estimate of drug-likeness (QED) is 0.674. The van der Waals surface area contributed by atoms with Gasteiger partial charge in [-0.3, -0.25) is 14.7 Å². The van der Waals surface area contributed by atoms with Crippen LogP contribution in [-0.2, 0) is 6.54 Å². The third kappa shape index (κ3) is 4.21. The summed E-state index contributed by atoms with van der Waals surface area (Å²) in [5.41, 5.74) is 2.56. The molecule has 1 fully saturated rings.